The van der Waals surface area contributed by atoms with Crippen molar-refractivity contribution in [1.82, 2.24) is 5.32 Å². The number of nitrogens with two attached hydrogens (primary N) is 1. The van der Waals surface area contributed by atoms with Crippen molar-refractivity contribution < 1.29 is 4.79 Å². The number of hydrogen-bond acceptors (Lipinski definition) is 2. The molecule has 0 saturated heterocycles. The SMILES string of the molecule is C[C@@]12CCC[C@@](c3ccccc3)(CC(CCC(=O)NC3CCC(N)CC3)C1)C2. The van der Waals surface area contributed by atoms with Crippen molar-refractivity contribution in [3.63, 3.8) is 0 Å². The van der Waals surface area contributed by atoms with E-state index in [2.05, 4.69) is 42.6 Å². The lowest BCUT2D eigenvalue weighted by Crippen LogP contribution is -2.45. The molecule has 3 saturated carbocycles. The Balaban J connectivity index is 1.36. The van der Waals surface area contributed by atoms with E-state index in [0.29, 0.717) is 35.3 Å². The van der Waals surface area contributed by atoms with Crippen LogP contribution in [0.4, 0.5) is 0 Å². The number of amides is 1. The Bertz CT molecular complexity index is 666. The van der Waals surface area contributed by atoms with Gasteiger partial charge in [-0.25, -0.2) is 0 Å². The summed E-state index contributed by atoms with van der Waals surface area (Å²) in [5.41, 5.74) is 8.32. The van der Waals surface area contributed by atoms with Gasteiger partial charge in [0.2, 0.25) is 5.91 Å². The molecule has 1 amide bonds. The molecule has 3 nitrogen and oxygen atoms in total. The summed E-state index contributed by atoms with van der Waals surface area (Å²) in [6, 6.07) is 11.9. The largest absolute Gasteiger partial charge is 0.353 e. The highest BCUT2D eigenvalue weighted by Crippen LogP contribution is 2.58. The molecule has 0 aliphatic heterocycles. The molecular formula is C25H38N2O. The Kier molecular flexibility index (Phi) is 5.83. The molecule has 154 valence electrons. The van der Waals surface area contributed by atoms with Crippen LogP contribution in [-0.4, -0.2) is 18.0 Å². The van der Waals surface area contributed by atoms with E-state index in [0.717, 1.165) is 32.1 Å². The zero-order valence-electron chi connectivity index (χ0n) is 17.6. The van der Waals surface area contributed by atoms with Crippen molar-refractivity contribution in [2.45, 2.75) is 101 Å². The zero-order valence-corrected chi connectivity index (χ0v) is 17.6. The maximum Gasteiger partial charge on any atom is 0.220 e. The lowest BCUT2D eigenvalue weighted by molar-refractivity contribution is -0.122. The van der Waals surface area contributed by atoms with Crippen LogP contribution in [0.1, 0.15) is 89.5 Å². The van der Waals surface area contributed by atoms with Gasteiger partial charge in [0.1, 0.15) is 0 Å². The number of hydrogen-bond donors (Lipinski definition) is 2. The van der Waals surface area contributed by atoms with Gasteiger partial charge >= 0.3 is 0 Å². The monoisotopic (exact) mass is 382 g/mol. The summed E-state index contributed by atoms with van der Waals surface area (Å²) >= 11 is 0. The maximum absolute atomic E-state index is 12.6. The molecule has 0 radical (unpaired) electrons. The summed E-state index contributed by atoms with van der Waals surface area (Å²) in [5, 5.41) is 3.29. The van der Waals surface area contributed by atoms with Crippen molar-refractivity contribution in [1.29, 1.82) is 0 Å². The van der Waals surface area contributed by atoms with Gasteiger partial charge in [-0.1, -0.05) is 43.7 Å². The Morgan fingerprint density at radius 2 is 1.86 bits per heavy atom. The fourth-order valence-electron chi connectivity index (χ4n) is 6.78. The maximum atomic E-state index is 12.6. The van der Waals surface area contributed by atoms with Crippen LogP contribution in [0, 0.1) is 11.3 Å². The summed E-state index contributed by atoms with van der Waals surface area (Å²) in [7, 11) is 0. The summed E-state index contributed by atoms with van der Waals surface area (Å²) in [4.78, 5) is 12.6. The van der Waals surface area contributed by atoms with Crippen LogP contribution in [0.5, 0.6) is 0 Å². The van der Waals surface area contributed by atoms with Gasteiger partial charge in [0.05, 0.1) is 0 Å². The summed E-state index contributed by atoms with van der Waals surface area (Å²) in [6.45, 7) is 2.50. The van der Waals surface area contributed by atoms with Gasteiger partial charge in [-0.05, 0) is 86.5 Å². The van der Waals surface area contributed by atoms with E-state index in [9.17, 15) is 4.79 Å². The highest BCUT2D eigenvalue weighted by Gasteiger charge is 2.49. The highest BCUT2D eigenvalue weighted by molar-refractivity contribution is 5.76. The summed E-state index contributed by atoms with van der Waals surface area (Å²) < 4.78 is 0. The number of benzene rings is 1. The Labute approximate surface area is 170 Å². The lowest BCUT2D eigenvalue weighted by atomic mass is 9.50. The molecule has 1 aromatic rings. The van der Waals surface area contributed by atoms with Crippen molar-refractivity contribution >= 4 is 5.91 Å². The van der Waals surface area contributed by atoms with Crippen LogP contribution in [0.2, 0.25) is 0 Å². The fraction of sp³-hybridized carbons (Fsp3) is 0.720. The Morgan fingerprint density at radius 1 is 1.11 bits per heavy atom. The number of nitrogens with one attached hydrogen (secondary N) is 1. The standard InChI is InChI=1S/C25H38N2O/c1-24-14-5-15-25(18-24,20-6-3-2-4-7-20)17-19(16-24)8-13-23(28)27-22-11-9-21(26)10-12-22/h2-4,6-7,19,21-22H,5,8-18,26H2,1H3,(H,27,28)/t19?,21?,22?,24-,25-/m1/s1. The van der Waals surface area contributed by atoms with Crippen LogP contribution < -0.4 is 11.1 Å². The molecule has 3 heteroatoms. The molecule has 28 heavy (non-hydrogen) atoms. The van der Waals surface area contributed by atoms with Crippen LogP contribution in [0.15, 0.2) is 30.3 Å². The van der Waals surface area contributed by atoms with Crippen LogP contribution in [-0.2, 0) is 10.2 Å². The molecular weight excluding hydrogens is 344 g/mol. The van der Waals surface area contributed by atoms with Crippen molar-refractivity contribution in [2.75, 3.05) is 0 Å². The first-order chi connectivity index (χ1) is 13.5. The molecule has 3 atom stereocenters. The second kappa shape index (κ2) is 8.18. The van der Waals surface area contributed by atoms with Crippen LogP contribution >= 0.6 is 0 Å². The molecule has 0 aromatic heterocycles. The van der Waals surface area contributed by atoms with Gasteiger partial charge in [-0.2, -0.15) is 0 Å². The molecule has 1 unspecified atom stereocenters. The molecule has 3 aliphatic carbocycles. The average Bonchev–Trinajstić information content (AvgIpc) is 2.68. The third kappa shape index (κ3) is 4.45. The predicted octanol–water partition coefficient (Wildman–Crippen LogP) is 5.08. The molecule has 3 aliphatic rings. The first kappa shape index (κ1) is 19.9. The second-order valence-electron chi connectivity index (χ2n) is 10.5. The van der Waals surface area contributed by atoms with E-state index >= 15 is 0 Å². The van der Waals surface area contributed by atoms with E-state index in [1.165, 1.54) is 44.1 Å². The quantitative estimate of drug-likeness (QED) is 0.746. The van der Waals surface area contributed by atoms with E-state index < -0.39 is 0 Å². The summed E-state index contributed by atoms with van der Waals surface area (Å²) in [5.74, 6) is 0.930. The number of fused-ring (bicyclic) bond motifs is 2. The number of carbonyl (C=O) groups is 1. The number of carbonyl (C=O) groups excluding carboxylic acids is 1. The molecule has 2 bridgehead atoms. The lowest BCUT2D eigenvalue weighted by Gasteiger charge is -2.54. The van der Waals surface area contributed by atoms with Crippen molar-refractivity contribution in [3.05, 3.63) is 35.9 Å². The van der Waals surface area contributed by atoms with Crippen LogP contribution in [0.25, 0.3) is 0 Å². The highest BCUT2D eigenvalue weighted by atomic mass is 16.1. The van der Waals surface area contributed by atoms with Crippen LogP contribution in [0.3, 0.4) is 0 Å². The van der Waals surface area contributed by atoms with Gasteiger partial charge in [0.25, 0.3) is 0 Å². The normalized spacial score (nSPS) is 38.0. The van der Waals surface area contributed by atoms with Gasteiger partial charge in [-0.3, -0.25) is 4.79 Å². The molecule has 0 spiro atoms. The minimum atomic E-state index is 0.259. The average molecular weight is 383 g/mol. The van der Waals surface area contributed by atoms with Crippen molar-refractivity contribution in [3.8, 4) is 0 Å². The predicted molar refractivity (Wildman–Crippen MR) is 115 cm³/mol. The topological polar surface area (TPSA) is 55.1 Å². The fourth-order valence-corrected chi connectivity index (χ4v) is 6.78. The minimum Gasteiger partial charge on any atom is -0.353 e. The summed E-state index contributed by atoms with van der Waals surface area (Å²) in [6.07, 6.45) is 13.8. The molecule has 0 heterocycles. The van der Waals surface area contributed by atoms with Gasteiger partial charge < -0.3 is 11.1 Å². The third-order valence-electron chi connectivity index (χ3n) is 7.96. The Morgan fingerprint density at radius 3 is 2.61 bits per heavy atom. The first-order valence-electron chi connectivity index (χ1n) is 11.6. The molecule has 1 aromatic carbocycles. The van der Waals surface area contributed by atoms with Crippen molar-refractivity contribution in [2.24, 2.45) is 17.1 Å². The van der Waals surface area contributed by atoms with E-state index in [1.807, 2.05) is 0 Å². The van der Waals surface area contributed by atoms with E-state index in [1.54, 1.807) is 0 Å². The first-order valence-corrected chi connectivity index (χ1v) is 11.6. The van der Waals surface area contributed by atoms with Gasteiger partial charge in [-0.15, -0.1) is 0 Å². The smallest absolute Gasteiger partial charge is 0.220 e. The molecule has 3 fully saturated rings. The Hall–Kier alpha value is -1.35. The van der Waals surface area contributed by atoms with E-state index in [-0.39, 0.29) is 5.91 Å². The second-order valence-corrected chi connectivity index (χ2v) is 10.5. The van der Waals surface area contributed by atoms with E-state index in [4.69, 9.17) is 5.73 Å². The van der Waals surface area contributed by atoms with Gasteiger partial charge in [0, 0.05) is 18.5 Å². The third-order valence-corrected chi connectivity index (χ3v) is 7.96. The van der Waals surface area contributed by atoms with Gasteiger partial charge in [0.15, 0.2) is 0 Å². The molecule has 4 rings (SSSR count). The minimum absolute atomic E-state index is 0.259. The number of rotatable bonds is 5. The zero-order chi connectivity index (χ0) is 19.6. The molecule has 3 N–H and O–H groups in total.